The van der Waals surface area contributed by atoms with Crippen LogP contribution in [0, 0.1) is 28.9 Å². The number of rotatable bonds is 1. The molecule has 0 amide bonds. The minimum Gasteiger partial charge on any atom is -0.384 e. The Morgan fingerprint density at radius 2 is 2.43 bits per heavy atom. The van der Waals surface area contributed by atoms with Crippen LogP contribution in [-0.4, -0.2) is 21.6 Å². The molecule has 5 nitrogen and oxygen atoms in total. The number of aromatic nitrogens is 1. The molecule has 1 rings (SSSR count). The van der Waals surface area contributed by atoms with Gasteiger partial charge >= 0.3 is 0 Å². The molecule has 0 fully saturated rings. The number of aliphatic hydroxyl groups is 1. The highest BCUT2D eigenvalue weighted by Gasteiger charge is 2.11. The van der Waals surface area contributed by atoms with Crippen LogP contribution in [0.1, 0.15) is 11.3 Å². The van der Waals surface area contributed by atoms with Crippen LogP contribution < -0.4 is 0 Å². The largest absolute Gasteiger partial charge is 0.384 e. The predicted octanol–water partition coefficient (Wildman–Crippen LogP) is 0.642. The van der Waals surface area contributed by atoms with Gasteiger partial charge in [0.05, 0.1) is 4.92 Å². The molecule has 0 unspecified atom stereocenters. The predicted molar refractivity (Wildman–Crippen MR) is 49.6 cm³/mol. The molecule has 0 saturated carbocycles. The smallest absolute Gasteiger partial charge is 0.291 e. The van der Waals surface area contributed by atoms with Crippen LogP contribution in [0.15, 0.2) is 12.3 Å². The van der Waals surface area contributed by atoms with E-state index in [1.807, 2.05) is 0 Å². The van der Waals surface area contributed by atoms with Crippen molar-refractivity contribution < 1.29 is 10.0 Å². The second-order valence-corrected chi connectivity index (χ2v) is 2.55. The summed E-state index contributed by atoms with van der Waals surface area (Å²) in [4.78, 5) is 13.8. The number of nitrogens with zero attached hydrogens (tertiary/aromatic N) is 2. The minimum atomic E-state index is -0.507. The molecule has 0 aliphatic carbocycles. The average Bonchev–Trinajstić information content (AvgIpc) is 2.16. The Morgan fingerprint density at radius 1 is 1.71 bits per heavy atom. The van der Waals surface area contributed by atoms with Crippen LogP contribution >= 0.6 is 0 Å². The van der Waals surface area contributed by atoms with Crippen LogP contribution in [0.25, 0.3) is 0 Å². The van der Waals surface area contributed by atoms with E-state index in [2.05, 4.69) is 16.8 Å². The third kappa shape index (κ3) is 2.28. The summed E-state index contributed by atoms with van der Waals surface area (Å²) >= 11 is 0. The maximum Gasteiger partial charge on any atom is 0.291 e. The summed E-state index contributed by atoms with van der Waals surface area (Å²) in [5, 5.41) is 18.9. The summed E-state index contributed by atoms with van der Waals surface area (Å²) in [5.41, 5.74) is 0.718. The molecular formula is C9H8N2O3. The minimum absolute atomic E-state index is 0.0604. The van der Waals surface area contributed by atoms with Gasteiger partial charge in [0.2, 0.25) is 0 Å². The summed E-state index contributed by atoms with van der Waals surface area (Å²) in [6.07, 6.45) is 1.44. The monoisotopic (exact) mass is 192 g/mol. The third-order valence-electron chi connectivity index (χ3n) is 1.57. The van der Waals surface area contributed by atoms with Gasteiger partial charge in [-0.1, -0.05) is 11.8 Å². The Kier molecular flexibility index (Phi) is 3.15. The zero-order valence-corrected chi connectivity index (χ0v) is 7.52. The fourth-order valence-corrected chi connectivity index (χ4v) is 0.916. The topological polar surface area (TPSA) is 76.3 Å². The molecule has 0 aliphatic heterocycles. The van der Waals surface area contributed by atoms with E-state index in [1.54, 1.807) is 6.92 Å². The third-order valence-corrected chi connectivity index (χ3v) is 1.57. The molecule has 1 heterocycles. The van der Waals surface area contributed by atoms with Crippen molar-refractivity contribution in [1.82, 2.24) is 4.98 Å². The summed E-state index contributed by atoms with van der Waals surface area (Å²) in [6.45, 7) is 1.28. The molecule has 0 atom stereocenters. The summed E-state index contributed by atoms with van der Waals surface area (Å²) in [6, 6.07) is 1.34. The molecular weight excluding hydrogens is 184 g/mol. The van der Waals surface area contributed by atoms with Crippen molar-refractivity contribution in [2.24, 2.45) is 0 Å². The standard InChI is InChI=1S/C9H8N2O3/c1-7-9(11(13)14)5-8(6-10-7)3-2-4-12/h5-6,12H,4H2,1H3. The molecule has 14 heavy (non-hydrogen) atoms. The maximum absolute atomic E-state index is 10.5. The van der Waals surface area contributed by atoms with Crippen molar-refractivity contribution in [3.05, 3.63) is 33.6 Å². The molecule has 0 bridgehead atoms. The number of aryl methyl sites for hydroxylation is 1. The van der Waals surface area contributed by atoms with Crippen molar-refractivity contribution in [3.63, 3.8) is 0 Å². The number of hydrogen-bond donors (Lipinski definition) is 1. The van der Waals surface area contributed by atoms with E-state index in [0.717, 1.165) is 0 Å². The first-order chi connectivity index (χ1) is 6.65. The van der Waals surface area contributed by atoms with Crippen molar-refractivity contribution in [1.29, 1.82) is 0 Å². The van der Waals surface area contributed by atoms with Crippen LogP contribution in [0.5, 0.6) is 0 Å². The molecule has 0 radical (unpaired) electrons. The molecule has 0 spiro atoms. The lowest BCUT2D eigenvalue weighted by molar-refractivity contribution is -0.385. The van der Waals surface area contributed by atoms with Crippen LogP contribution in [0.3, 0.4) is 0 Å². The maximum atomic E-state index is 10.5. The lowest BCUT2D eigenvalue weighted by Crippen LogP contribution is -1.95. The van der Waals surface area contributed by atoms with Gasteiger partial charge in [-0.25, -0.2) is 0 Å². The second kappa shape index (κ2) is 4.35. The van der Waals surface area contributed by atoms with Gasteiger partial charge in [0, 0.05) is 17.8 Å². The van der Waals surface area contributed by atoms with Crippen LogP contribution in [-0.2, 0) is 0 Å². The van der Waals surface area contributed by atoms with Gasteiger partial charge in [0.25, 0.3) is 5.69 Å². The normalized spacial score (nSPS) is 9.00. The zero-order chi connectivity index (χ0) is 10.6. The van der Waals surface area contributed by atoms with Gasteiger partial charge in [-0.3, -0.25) is 15.1 Å². The highest BCUT2D eigenvalue weighted by molar-refractivity contribution is 5.43. The Balaban J connectivity index is 3.13. The molecule has 0 saturated heterocycles. The molecule has 1 aromatic rings. The zero-order valence-electron chi connectivity index (χ0n) is 7.52. The summed E-state index contributed by atoms with van der Waals surface area (Å²) < 4.78 is 0. The number of pyridine rings is 1. The number of hydrogen-bond acceptors (Lipinski definition) is 4. The van der Waals surface area contributed by atoms with Crippen LogP contribution in [0.4, 0.5) is 5.69 Å². The molecule has 0 aromatic carbocycles. The van der Waals surface area contributed by atoms with E-state index in [0.29, 0.717) is 11.3 Å². The van der Waals surface area contributed by atoms with E-state index in [-0.39, 0.29) is 12.3 Å². The fourth-order valence-electron chi connectivity index (χ4n) is 0.916. The lowest BCUT2D eigenvalue weighted by atomic mass is 10.2. The van der Waals surface area contributed by atoms with Gasteiger partial charge in [0.15, 0.2) is 0 Å². The van der Waals surface area contributed by atoms with E-state index in [9.17, 15) is 10.1 Å². The van der Waals surface area contributed by atoms with E-state index >= 15 is 0 Å². The Labute approximate surface area is 80.6 Å². The summed E-state index contributed by atoms with van der Waals surface area (Å²) in [5.74, 6) is 4.94. The Bertz CT molecular complexity index is 418. The fraction of sp³-hybridized carbons (Fsp3) is 0.222. The summed E-state index contributed by atoms with van der Waals surface area (Å²) in [7, 11) is 0. The molecule has 0 aliphatic rings. The quantitative estimate of drug-likeness (QED) is 0.402. The highest BCUT2D eigenvalue weighted by atomic mass is 16.6. The van der Waals surface area contributed by atoms with Gasteiger partial charge in [0.1, 0.15) is 12.3 Å². The van der Waals surface area contributed by atoms with E-state index in [1.165, 1.54) is 12.3 Å². The van der Waals surface area contributed by atoms with Crippen molar-refractivity contribution >= 4 is 5.69 Å². The first kappa shape index (κ1) is 10.2. The van der Waals surface area contributed by atoms with Crippen LogP contribution in [0.2, 0.25) is 0 Å². The number of nitro groups is 1. The van der Waals surface area contributed by atoms with E-state index < -0.39 is 4.92 Å². The molecule has 72 valence electrons. The first-order valence-corrected chi connectivity index (χ1v) is 3.86. The van der Waals surface area contributed by atoms with Crippen molar-refractivity contribution in [2.75, 3.05) is 6.61 Å². The highest BCUT2D eigenvalue weighted by Crippen LogP contribution is 2.15. The van der Waals surface area contributed by atoms with Crippen molar-refractivity contribution in [3.8, 4) is 11.8 Å². The van der Waals surface area contributed by atoms with Crippen molar-refractivity contribution in [2.45, 2.75) is 6.92 Å². The number of aliphatic hydroxyl groups excluding tert-OH is 1. The van der Waals surface area contributed by atoms with Gasteiger partial charge < -0.3 is 5.11 Å². The SMILES string of the molecule is Cc1ncc(C#CCO)cc1[N+](=O)[O-]. The van der Waals surface area contributed by atoms with Gasteiger partial charge in [-0.15, -0.1) is 0 Å². The lowest BCUT2D eigenvalue weighted by Gasteiger charge is -1.95. The molecule has 5 heteroatoms. The average molecular weight is 192 g/mol. The first-order valence-electron chi connectivity index (χ1n) is 3.86. The van der Waals surface area contributed by atoms with E-state index in [4.69, 9.17) is 5.11 Å². The van der Waals surface area contributed by atoms with Gasteiger partial charge in [-0.2, -0.15) is 0 Å². The Morgan fingerprint density at radius 3 is 3.00 bits per heavy atom. The Hall–Kier alpha value is -1.93. The van der Waals surface area contributed by atoms with Gasteiger partial charge in [-0.05, 0) is 6.92 Å². The second-order valence-electron chi connectivity index (χ2n) is 2.55. The molecule has 1 aromatic heterocycles. The molecule has 1 N–H and O–H groups in total.